The molecule has 1 aromatic carbocycles. The second-order valence-corrected chi connectivity index (χ2v) is 5.72. The molecule has 25 heavy (non-hydrogen) atoms. The number of hydrogen-bond acceptors (Lipinski definition) is 6. The number of allylic oxidation sites excluding steroid dienone is 1. The molecule has 1 aliphatic rings. The molecule has 1 aliphatic heterocycles. The van der Waals surface area contributed by atoms with E-state index in [0.29, 0.717) is 19.1 Å². The molecule has 0 saturated carbocycles. The van der Waals surface area contributed by atoms with Crippen LogP contribution in [0.5, 0.6) is 11.6 Å². The summed E-state index contributed by atoms with van der Waals surface area (Å²) < 4.78 is 11.7. The Labute approximate surface area is 148 Å². The lowest BCUT2D eigenvalue weighted by Gasteiger charge is -2.28. The smallest absolute Gasteiger partial charge is 0.257 e. The van der Waals surface area contributed by atoms with Crippen LogP contribution in [0.15, 0.2) is 49.3 Å². The number of anilines is 1. The molecule has 0 aliphatic carbocycles. The van der Waals surface area contributed by atoms with E-state index in [2.05, 4.69) is 26.8 Å². The number of hydrogen-bond donors (Lipinski definition) is 1. The Bertz CT molecular complexity index is 687. The number of nitrogens with one attached hydrogen (secondary N) is 1. The van der Waals surface area contributed by atoms with Crippen molar-refractivity contribution in [3.8, 4) is 11.6 Å². The van der Waals surface area contributed by atoms with Gasteiger partial charge in [0.2, 0.25) is 0 Å². The molecule has 6 heteroatoms. The van der Waals surface area contributed by atoms with Crippen LogP contribution in [0.2, 0.25) is 0 Å². The quantitative estimate of drug-likeness (QED) is 0.586. The summed E-state index contributed by atoms with van der Waals surface area (Å²) in [5, 5.41) is 3.33. The van der Waals surface area contributed by atoms with E-state index in [0.717, 1.165) is 49.7 Å². The summed E-state index contributed by atoms with van der Waals surface area (Å²) in [5.41, 5.74) is 1.12. The van der Waals surface area contributed by atoms with Gasteiger partial charge >= 0.3 is 0 Å². The molecule has 1 N–H and O–H groups in total. The summed E-state index contributed by atoms with van der Waals surface area (Å²) in [6.45, 7) is 8.34. The van der Waals surface area contributed by atoms with Crippen LogP contribution in [0.4, 0.5) is 5.82 Å². The van der Waals surface area contributed by atoms with E-state index >= 15 is 0 Å². The van der Waals surface area contributed by atoms with Gasteiger partial charge in [0.1, 0.15) is 19.0 Å². The lowest BCUT2D eigenvalue weighted by atomic mass is 10.1. The van der Waals surface area contributed by atoms with E-state index in [-0.39, 0.29) is 0 Å². The second-order valence-electron chi connectivity index (χ2n) is 5.72. The van der Waals surface area contributed by atoms with Crippen molar-refractivity contribution < 1.29 is 9.47 Å². The van der Waals surface area contributed by atoms with Crippen molar-refractivity contribution in [3.63, 3.8) is 0 Å². The molecule has 0 amide bonds. The predicted octanol–water partition coefficient (Wildman–Crippen LogP) is 2.07. The van der Waals surface area contributed by atoms with E-state index in [4.69, 9.17) is 9.47 Å². The number of piperazine rings is 1. The average molecular weight is 340 g/mol. The number of nitrogens with zero attached hydrogens (tertiary/aromatic N) is 3. The van der Waals surface area contributed by atoms with Gasteiger partial charge in [-0.1, -0.05) is 24.3 Å². The number of rotatable bonds is 8. The van der Waals surface area contributed by atoms with Gasteiger partial charge in [-0.25, -0.2) is 9.97 Å². The number of aromatic nitrogens is 2. The number of benzene rings is 1. The van der Waals surface area contributed by atoms with E-state index in [1.165, 1.54) is 0 Å². The molecule has 0 spiro atoms. The zero-order chi connectivity index (χ0) is 17.3. The molecule has 0 radical (unpaired) electrons. The largest absolute Gasteiger partial charge is 0.490 e. The van der Waals surface area contributed by atoms with Crippen LogP contribution in [-0.2, 0) is 6.42 Å². The highest BCUT2D eigenvalue weighted by Gasteiger charge is 2.17. The predicted molar refractivity (Wildman–Crippen MR) is 98.4 cm³/mol. The van der Waals surface area contributed by atoms with E-state index < -0.39 is 0 Å². The minimum atomic E-state index is 0.417. The topological polar surface area (TPSA) is 59.5 Å². The molecular formula is C19H24N4O2. The summed E-state index contributed by atoms with van der Waals surface area (Å²) in [5.74, 6) is 2.23. The highest BCUT2D eigenvalue weighted by Crippen LogP contribution is 2.23. The van der Waals surface area contributed by atoms with Crippen molar-refractivity contribution >= 4 is 5.82 Å². The number of para-hydroxylation sites is 1. The monoisotopic (exact) mass is 340 g/mol. The maximum absolute atomic E-state index is 5.85. The first-order valence-electron chi connectivity index (χ1n) is 8.59. The minimum absolute atomic E-state index is 0.417. The van der Waals surface area contributed by atoms with Gasteiger partial charge in [-0.2, -0.15) is 0 Å². The third kappa shape index (κ3) is 4.70. The lowest BCUT2D eigenvalue weighted by Crippen LogP contribution is -2.44. The van der Waals surface area contributed by atoms with Gasteiger partial charge in [-0.3, -0.25) is 0 Å². The first kappa shape index (κ1) is 17.2. The van der Waals surface area contributed by atoms with Gasteiger partial charge in [-0.15, -0.1) is 6.58 Å². The molecule has 1 saturated heterocycles. The summed E-state index contributed by atoms with van der Waals surface area (Å²) in [6.07, 6.45) is 6.01. The zero-order valence-electron chi connectivity index (χ0n) is 14.4. The van der Waals surface area contributed by atoms with Crippen LogP contribution in [0, 0.1) is 0 Å². The highest BCUT2D eigenvalue weighted by atomic mass is 16.5. The Morgan fingerprint density at radius 2 is 1.84 bits per heavy atom. The normalized spacial score (nSPS) is 14.2. The number of ether oxygens (including phenoxy) is 2. The van der Waals surface area contributed by atoms with Crippen LogP contribution in [0.3, 0.4) is 0 Å². The van der Waals surface area contributed by atoms with Crippen LogP contribution < -0.4 is 19.7 Å². The Morgan fingerprint density at radius 1 is 1.08 bits per heavy atom. The zero-order valence-corrected chi connectivity index (χ0v) is 14.4. The molecule has 6 nitrogen and oxygen atoms in total. The first-order valence-corrected chi connectivity index (χ1v) is 8.59. The van der Waals surface area contributed by atoms with Gasteiger partial charge in [0.25, 0.3) is 5.88 Å². The highest BCUT2D eigenvalue weighted by molar-refractivity contribution is 5.48. The van der Waals surface area contributed by atoms with Gasteiger partial charge in [-0.05, 0) is 18.1 Å². The SMILES string of the molecule is C=CCc1ccccc1OCCOc1nccnc1N1CCNCC1. The molecule has 2 aromatic rings. The third-order valence-corrected chi connectivity index (χ3v) is 3.98. The Morgan fingerprint density at radius 3 is 2.68 bits per heavy atom. The van der Waals surface area contributed by atoms with Gasteiger partial charge in [0.15, 0.2) is 5.82 Å². The summed E-state index contributed by atoms with van der Waals surface area (Å²) >= 11 is 0. The first-order chi connectivity index (χ1) is 12.4. The van der Waals surface area contributed by atoms with Gasteiger partial charge in [0, 0.05) is 38.6 Å². The van der Waals surface area contributed by atoms with Crippen molar-refractivity contribution in [2.75, 3.05) is 44.3 Å². The van der Waals surface area contributed by atoms with Crippen LogP contribution >= 0.6 is 0 Å². The second kappa shape index (κ2) is 9.03. The molecule has 0 unspecified atom stereocenters. The van der Waals surface area contributed by atoms with Crippen LogP contribution in [0.25, 0.3) is 0 Å². The fourth-order valence-electron chi connectivity index (χ4n) is 2.77. The maximum atomic E-state index is 5.85. The molecule has 2 heterocycles. The van der Waals surface area contributed by atoms with E-state index in [1.807, 2.05) is 30.3 Å². The Balaban J connectivity index is 1.55. The van der Waals surface area contributed by atoms with Gasteiger partial charge in [0.05, 0.1) is 0 Å². The molecule has 0 bridgehead atoms. The molecule has 132 valence electrons. The van der Waals surface area contributed by atoms with Crippen molar-refractivity contribution in [3.05, 3.63) is 54.9 Å². The molecular weight excluding hydrogens is 316 g/mol. The summed E-state index contributed by atoms with van der Waals surface area (Å²) in [6, 6.07) is 7.98. The van der Waals surface area contributed by atoms with E-state index in [9.17, 15) is 0 Å². The van der Waals surface area contributed by atoms with Crippen LogP contribution in [0.1, 0.15) is 5.56 Å². The van der Waals surface area contributed by atoms with Crippen molar-refractivity contribution in [1.82, 2.24) is 15.3 Å². The lowest BCUT2D eigenvalue weighted by molar-refractivity contribution is 0.210. The fourth-order valence-corrected chi connectivity index (χ4v) is 2.77. The Kier molecular flexibility index (Phi) is 6.23. The minimum Gasteiger partial charge on any atom is -0.490 e. The Hall–Kier alpha value is -2.60. The molecule has 1 aromatic heterocycles. The standard InChI is InChI=1S/C19H24N4O2/c1-2-5-16-6-3-4-7-17(16)24-14-15-25-19-18(21-8-9-22-19)23-12-10-20-11-13-23/h2-4,6-9,20H,1,5,10-15H2. The molecule has 0 atom stereocenters. The molecule has 1 fully saturated rings. The average Bonchev–Trinajstić information content (AvgIpc) is 2.68. The summed E-state index contributed by atoms with van der Waals surface area (Å²) in [7, 11) is 0. The molecule has 3 rings (SSSR count). The third-order valence-electron chi connectivity index (χ3n) is 3.98. The van der Waals surface area contributed by atoms with Crippen molar-refractivity contribution in [2.45, 2.75) is 6.42 Å². The van der Waals surface area contributed by atoms with Crippen molar-refractivity contribution in [2.24, 2.45) is 0 Å². The maximum Gasteiger partial charge on any atom is 0.257 e. The van der Waals surface area contributed by atoms with Crippen LogP contribution in [-0.4, -0.2) is 49.4 Å². The van der Waals surface area contributed by atoms with Crippen molar-refractivity contribution in [1.29, 1.82) is 0 Å². The summed E-state index contributed by atoms with van der Waals surface area (Å²) in [4.78, 5) is 11.0. The van der Waals surface area contributed by atoms with E-state index in [1.54, 1.807) is 12.4 Å². The fraction of sp³-hybridized carbons (Fsp3) is 0.368. The van der Waals surface area contributed by atoms with Gasteiger partial charge < -0.3 is 19.7 Å².